The summed E-state index contributed by atoms with van der Waals surface area (Å²) in [5, 5.41) is 17.0. The van der Waals surface area contributed by atoms with Gasteiger partial charge in [0.2, 0.25) is 0 Å². The number of hydrogen-bond acceptors (Lipinski definition) is 4. The fourth-order valence-electron chi connectivity index (χ4n) is 1.53. The Labute approximate surface area is 109 Å². The van der Waals surface area contributed by atoms with Gasteiger partial charge in [-0.3, -0.25) is 4.79 Å². The monoisotopic (exact) mass is 263 g/mol. The van der Waals surface area contributed by atoms with Gasteiger partial charge >= 0.3 is 5.97 Å². The van der Waals surface area contributed by atoms with Gasteiger partial charge in [-0.15, -0.1) is 10.2 Å². The zero-order valence-electron chi connectivity index (χ0n) is 9.69. The molecule has 5 nitrogen and oxygen atoms in total. The third kappa shape index (κ3) is 3.59. The topological polar surface area (TPSA) is 68.0 Å². The molecule has 0 saturated carbocycles. The van der Waals surface area contributed by atoms with Crippen LogP contribution < -0.4 is 0 Å². The average Bonchev–Trinajstić information content (AvgIpc) is 2.82. The second-order valence-corrected chi connectivity index (χ2v) is 4.67. The second-order valence-electron chi connectivity index (χ2n) is 3.72. The number of rotatable bonds is 6. The predicted octanol–water partition coefficient (Wildman–Crippen LogP) is 1.70. The highest BCUT2D eigenvalue weighted by Gasteiger charge is 2.07. The molecule has 0 aliphatic carbocycles. The largest absolute Gasteiger partial charge is 0.481 e. The van der Waals surface area contributed by atoms with Gasteiger partial charge in [-0.2, -0.15) is 0 Å². The van der Waals surface area contributed by atoms with Crippen molar-refractivity contribution in [3.63, 3.8) is 0 Å². The summed E-state index contributed by atoms with van der Waals surface area (Å²) in [6.07, 6.45) is 2.51. The van der Waals surface area contributed by atoms with Crippen LogP contribution in [-0.4, -0.2) is 31.6 Å². The third-order valence-corrected chi connectivity index (χ3v) is 3.35. The minimum Gasteiger partial charge on any atom is -0.481 e. The molecule has 2 aromatic rings. The molecule has 0 atom stereocenters. The van der Waals surface area contributed by atoms with E-state index in [-0.39, 0.29) is 5.75 Å². The van der Waals surface area contributed by atoms with E-state index in [0.29, 0.717) is 5.16 Å². The van der Waals surface area contributed by atoms with Crippen LogP contribution in [0.4, 0.5) is 0 Å². The first-order valence-electron chi connectivity index (χ1n) is 5.52. The normalized spacial score (nSPS) is 10.4. The highest BCUT2D eigenvalue weighted by atomic mass is 32.2. The average molecular weight is 263 g/mol. The number of benzene rings is 1. The van der Waals surface area contributed by atoms with E-state index in [4.69, 9.17) is 5.11 Å². The lowest BCUT2D eigenvalue weighted by Gasteiger charge is -2.05. The van der Waals surface area contributed by atoms with Crippen molar-refractivity contribution in [1.29, 1.82) is 0 Å². The van der Waals surface area contributed by atoms with E-state index in [9.17, 15) is 4.79 Å². The van der Waals surface area contributed by atoms with Crippen molar-refractivity contribution in [2.75, 3.05) is 5.75 Å². The quantitative estimate of drug-likeness (QED) is 0.803. The first kappa shape index (κ1) is 12.6. The Bertz CT molecular complexity index is 513. The second kappa shape index (κ2) is 6.20. The Balaban J connectivity index is 1.93. The molecule has 94 valence electrons. The summed E-state index contributed by atoms with van der Waals surface area (Å²) < 4.78 is 1.88. The maximum absolute atomic E-state index is 10.5. The lowest BCUT2D eigenvalue weighted by Crippen LogP contribution is -2.04. The number of thioether (sulfide) groups is 1. The van der Waals surface area contributed by atoms with Gasteiger partial charge in [0, 0.05) is 6.54 Å². The van der Waals surface area contributed by atoms with Crippen LogP contribution in [-0.2, 0) is 17.8 Å². The van der Waals surface area contributed by atoms with E-state index in [2.05, 4.69) is 22.3 Å². The molecule has 0 spiro atoms. The lowest BCUT2D eigenvalue weighted by molar-refractivity contribution is -0.133. The van der Waals surface area contributed by atoms with E-state index < -0.39 is 5.97 Å². The summed E-state index contributed by atoms with van der Waals surface area (Å²) in [5.41, 5.74) is 1.24. The molecule has 0 bridgehead atoms. The maximum Gasteiger partial charge on any atom is 0.313 e. The predicted molar refractivity (Wildman–Crippen MR) is 68.5 cm³/mol. The van der Waals surface area contributed by atoms with Crippen LogP contribution in [0.15, 0.2) is 41.8 Å². The Kier molecular flexibility index (Phi) is 4.35. The number of carboxylic acid groups (broad SMARTS) is 1. The van der Waals surface area contributed by atoms with Gasteiger partial charge in [-0.1, -0.05) is 42.1 Å². The molecule has 6 heteroatoms. The molecular formula is C12H13N3O2S. The smallest absolute Gasteiger partial charge is 0.313 e. The summed E-state index contributed by atoms with van der Waals surface area (Å²) >= 11 is 1.19. The van der Waals surface area contributed by atoms with Crippen molar-refractivity contribution < 1.29 is 9.90 Å². The van der Waals surface area contributed by atoms with Gasteiger partial charge in [0.15, 0.2) is 5.16 Å². The van der Waals surface area contributed by atoms with Crippen molar-refractivity contribution in [3.8, 4) is 0 Å². The number of aliphatic carboxylic acids is 1. The molecule has 0 aliphatic heterocycles. The Morgan fingerprint density at radius 2 is 2.11 bits per heavy atom. The molecule has 18 heavy (non-hydrogen) atoms. The molecular weight excluding hydrogens is 250 g/mol. The van der Waals surface area contributed by atoms with Crippen molar-refractivity contribution >= 4 is 17.7 Å². The molecule has 0 saturated heterocycles. The number of hydrogen-bond donors (Lipinski definition) is 1. The summed E-state index contributed by atoms with van der Waals surface area (Å²) in [6.45, 7) is 0.749. The minimum atomic E-state index is -0.849. The Morgan fingerprint density at radius 1 is 1.33 bits per heavy atom. The molecule has 1 N–H and O–H groups in total. The number of carbonyl (C=O) groups is 1. The summed E-state index contributed by atoms with van der Waals surface area (Å²) in [6, 6.07) is 10.1. The highest BCUT2D eigenvalue weighted by molar-refractivity contribution is 7.99. The van der Waals surface area contributed by atoms with Crippen LogP contribution in [0.5, 0.6) is 0 Å². The first-order valence-corrected chi connectivity index (χ1v) is 6.50. The first-order chi connectivity index (χ1) is 8.75. The summed E-state index contributed by atoms with van der Waals surface area (Å²) in [4.78, 5) is 10.5. The molecule has 1 aromatic heterocycles. The van der Waals surface area contributed by atoms with E-state index in [1.165, 1.54) is 17.3 Å². The van der Waals surface area contributed by atoms with Crippen molar-refractivity contribution in [1.82, 2.24) is 14.8 Å². The highest BCUT2D eigenvalue weighted by Crippen LogP contribution is 2.14. The zero-order valence-corrected chi connectivity index (χ0v) is 10.5. The van der Waals surface area contributed by atoms with Gasteiger partial charge in [0.1, 0.15) is 6.33 Å². The standard InChI is InChI=1S/C12H13N3O2S/c16-11(17)8-18-12-14-13-9-15(12)7-6-10-4-2-1-3-5-10/h1-5,9H,6-8H2,(H,16,17). The summed E-state index contributed by atoms with van der Waals surface area (Å²) in [5.74, 6) is -0.845. The number of carboxylic acids is 1. The number of aromatic nitrogens is 3. The molecule has 0 fully saturated rings. The summed E-state index contributed by atoms with van der Waals surface area (Å²) in [7, 11) is 0. The van der Waals surface area contributed by atoms with Crippen LogP contribution in [0.2, 0.25) is 0 Å². The van der Waals surface area contributed by atoms with Gasteiger partial charge < -0.3 is 9.67 Å². The lowest BCUT2D eigenvalue weighted by atomic mass is 10.1. The Morgan fingerprint density at radius 3 is 2.83 bits per heavy atom. The van der Waals surface area contributed by atoms with Crippen LogP contribution in [0.3, 0.4) is 0 Å². The fourth-order valence-corrected chi connectivity index (χ4v) is 2.19. The number of nitrogens with zero attached hydrogens (tertiary/aromatic N) is 3. The molecule has 0 amide bonds. The zero-order chi connectivity index (χ0) is 12.8. The molecule has 0 aliphatic rings. The minimum absolute atomic E-state index is 0.00400. The molecule has 2 rings (SSSR count). The van der Waals surface area contributed by atoms with Crippen molar-refractivity contribution in [3.05, 3.63) is 42.2 Å². The Hall–Kier alpha value is -1.82. The molecule has 1 heterocycles. The van der Waals surface area contributed by atoms with Gasteiger partial charge in [-0.05, 0) is 12.0 Å². The van der Waals surface area contributed by atoms with E-state index >= 15 is 0 Å². The maximum atomic E-state index is 10.5. The fraction of sp³-hybridized carbons (Fsp3) is 0.250. The third-order valence-electron chi connectivity index (χ3n) is 2.39. The van der Waals surface area contributed by atoms with E-state index in [0.717, 1.165) is 13.0 Å². The van der Waals surface area contributed by atoms with Crippen LogP contribution in [0.25, 0.3) is 0 Å². The molecule has 1 aromatic carbocycles. The van der Waals surface area contributed by atoms with Gasteiger partial charge in [-0.25, -0.2) is 0 Å². The van der Waals surface area contributed by atoms with Gasteiger partial charge in [0.05, 0.1) is 5.75 Å². The van der Waals surface area contributed by atoms with E-state index in [1.54, 1.807) is 6.33 Å². The van der Waals surface area contributed by atoms with Gasteiger partial charge in [0.25, 0.3) is 0 Å². The van der Waals surface area contributed by atoms with Crippen LogP contribution >= 0.6 is 11.8 Å². The van der Waals surface area contributed by atoms with Crippen LogP contribution in [0.1, 0.15) is 5.56 Å². The van der Waals surface area contributed by atoms with E-state index in [1.807, 2.05) is 22.8 Å². The van der Waals surface area contributed by atoms with Crippen molar-refractivity contribution in [2.24, 2.45) is 0 Å². The van der Waals surface area contributed by atoms with Crippen LogP contribution in [0, 0.1) is 0 Å². The molecule has 0 radical (unpaired) electrons. The van der Waals surface area contributed by atoms with Crippen molar-refractivity contribution in [2.45, 2.75) is 18.1 Å². The molecule has 0 unspecified atom stereocenters. The SMILES string of the molecule is O=C(O)CSc1nncn1CCc1ccccc1. The number of aryl methyl sites for hydroxylation is 2.